The fourth-order valence-corrected chi connectivity index (χ4v) is 2.16. The highest BCUT2D eigenvalue weighted by molar-refractivity contribution is 7.17. The lowest BCUT2D eigenvalue weighted by molar-refractivity contribution is -0.115. The molecule has 1 aromatic rings. The van der Waals surface area contributed by atoms with Crippen LogP contribution in [0.2, 0.25) is 0 Å². The second kappa shape index (κ2) is 7.82. The van der Waals surface area contributed by atoms with Gasteiger partial charge in [-0.15, -0.1) is 0 Å². The molecule has 0 aliphatic heterocycles. The largest absolute Gasteiger partial charge is 0.462 e. The number of hydrogen-bond donors (Lipinski definition) is 3. The fraction of sp³-hybridized carbons (Fsp3) is 0.545. The average molecular weight is 287 g/mol. The Morgan fingerprint density at radius 2 is 2.21 bits per heavy atom. The number of anilines is 1. The Morgan fingerprint density at radius 3 is 2.84 bits per heavy atom. The van der Waals surface area contributed by atoms with Crippen LogP contribution in [0.25, 0.3) is 0 Å². The van der Waals surface area contributed by atoms with Gasteiger partial charge in [0.1, 0.15) is 4.88 Å². The van der Waals surface area contributed by atoms with Gasteiger partial charge in [-0.2, -0.15) is 0 Å². The van der Waals surface area contributed by atoms with Crippen LogP contribution in [0.5, 0.6) is 0 Å². The number of amides is 1. The maximum Gasteiger partial charge on any atom is 0.350 e. The van der Waals surface area contributed by atoms with Crippen molar-refractivity contribution in [3.8, 4) is 0 Å². The summed E-state index contributed by atoms with van der Waals surface area (Å²) in [5.74, 6) is -0.714. The van der Waals surface area contributed by atoms with Crippen LogP contribution < -0.4 is 10.6 Å². The lowest BCUT2D eigenvalue weighted by Crippen LogP contribution is -2.29. The van der Waals surface area contributed by atoms with Gasteiger partial charge in [-0.3, -0.25) is 4.79 Å². The van der Waals surface area contributed by atoms with Crippen molar-refractivity contribution < 1.29 is 19.4 Å². The molecule has 19 heavy (non-hydrogen) atoms. The summed E-state index contributed by atoms with van der Waals surface area (Å²) in [4.78, 5) is 27.5. The summed E-state index contributed by atoms with van der Waals surface area (Å²) in [6, 6.07) is 0. The smallest absolute Gasteiger partial charge is 0.350 e. The molecule has 1 amide bonds. The van der Waals surface area contributed by atoms with E-state index in [1.807, 2.05) is 0 Å². The van der Waals surface area contributed by atoms with Crippen molar-refractivity contribution in [2.24, 2.45) is 0 Å². The third-order valence-electron chi connectivity index (χ3n) is 2.08. The number of esters is 1. The molecule has 0 aliphatic rings. The van der Waals surface area contributed by atoms with Crippen LogP contribution in [-0.4, -0.2) is 48.3 Å². The van der Waals surface area contributed by atoms with Crippen LogP contribution in [0.3, 0.4) is 0 Å². The van der Waals surface area contributed by atoms with Crippen molar-refractivity contribution in [3.05, 3.63) is 10.6 Å². The van der Waals surface area contributed by atoms with Crippen LogP contribution in [0.15, 0.2) is 0 Å². The second-order valence-electron chi connectivity index (χ2n) is 3.60. The van der Waals surface area contributed by atoms with Crippen molar-refractivity contribution >= 4 is 28.3 Å². The molecular formula is C11H17N3O4S. The molecule has 0 spiro atoms. The van der Waals surface area contributed by atoms with Crippen LogP contribution in [0.4, 0.5) is 5.13 Å². The van der Waals surface area contributed by atoms with Gasteiger partial charge in [0.15, 0.2) is 5.13 Å². The molecule has 0 atom stereocenters. The predicted molar refractivity (Wildman–Crippen MR) is 71.4 cm³/mol. The number of aliphatic hydroxyl groups excluding tert-OH is 1. The Morgan fingerprint density at radius 1 is 1.47 bits per heavy atom. The first-order chi connectivity index (χ1) is 9.08. The molecule has 3 N–H and O–H groups in total. The van der Waals surface area contributed by atoms with E-state index in [4.69, 9.17) is 9.84 Å². The van der Waals surface area contributed by atoms with Crippen molar-refractivity contribution in [1.29, 1.82) is 0 Å². The zero-order valence-corrected chi connectivity index (χ0v) is 11.7. The molecule has 0 aromatic carbocycles. The molecule has 1 rings (SSSR count). The Labute approximate surface area is 115 Å². The molecule has 8 heteroatoms. The van der Waals surface area contributed by atoms with Gasteiger partial charge in [0.05, 0.1) is 25.5 Å². The number of carbonyl (C=O) groups excluding carboxylic acids is 2. The van der Waals surface area contributed by atoms with Crippen molar-refractivity contribution in [2.45, 2.75) is 13.8 Å². The van der Waals surface area contributed by atoms with E-state index in [-0.39, 0.29) is 19.1 Å². The summed E-state index contributed by atoms with van der Waals surface area (Å²) < 4.78 is 4.89. The number of rotatable bonds is 7. The summed E-state index contributed by atoms with van der Waals surface area (Å²) in [7, 11) is 0. The first-order valence-electron chi connectivity index (χ1n) is 5.84. The van der Waals surface area contributed by atoms with E-state index >= 15 is 0 Å². The number of carbonyl (C=O) groups is 2. The maximum atomic E-state index is 11.6. The lowest BCUT2D eigenvalue weighted by atomic mass is 10.4. The van der Waals surface area contributed by atoms with Gasteiger partial charge in [0.2, 0.25) is 5.91 Å². The molecule has 0 radical (unpaired) electrons. The summed E-state index contributed by atoms with van der Waals surface area (Å²) in [6.07, 6.45) is 0. The zero-order valence-electron chi connectivity index (χ0n) is 10.9. The highest BCUT2D eigenvalue weighted by Crippen LogP contribution is 2.23. The number of thiazole rings is 1. The minimum atomic E-state index is -0.434. The summed E-state index contributed by atoms with van der Waals surface area (Å²) in [6.45, 7) is 4.10. The Bertz CT molecular complexity index is 447. The van der Waals surface area contributed by atoms with Crippen LogP contribution in [0, 0.1) is 6.92 Å². The molecule has 106 valence electrons. The molecule has 7 nitrogen and oxygen atoms in total. The molecule has 0 saturated carbocycles. The van der Waals surface area contributed by atoms with Crippen LogP contribution >= 0.6 is 11.3 Å². The maximum absolute atomic E-state index is 11.6. The number of nitrogens with one attached hydrogen (secondary N) is 2. The Balaban J connectivity index is 2.58. The SMILES string of the molecule is CCOC(=O)c1sc(NC(=O)CNCCO)nc1C. The summed E-state index contributed by atoms with van der Waals surface area (Å²) in [5.41, 5.74) is 0.530. The minimum absolute atomic E-state index is 0.0311. The highest BCUT2D eigenvalue weighted by Gasteiger charge is 2.17. The van der Waals surface area contributed by atoms with Gasteiger partial charge >= 0.3 is 5.97 Å². The highest BCUT2D eigenvalue weighted by atomic mass is 32.1. The standard InChI is InChI=1S/C11H17N3O4S/c1-3-18-10(17)9-7(2)13-11(19-9)14-8(16)6-12-4-5-15/h12,15H,3-6H2,1-2H3,(H,13,14,16). The molecule has 1 aromatic heterocycles. The molecule has 1 heterocycles. The van der Waals surface area contributed by atoms with E-state index in [9.17, 15) is 9.59 Å². The molecule has 0 fully saturated rings. The zero-order chi connectivity index (χ0) is 14.3. The number of aryl methyl sites for hydroxylation is 1. The number of nitrogens with zero attached hydrogens (tertiary/aromatic N) is 1. The number of ether oxygens (including phenoxy) is 1. The summed E-state index contributed by atoms with van der Waals surface area (Å²) in [5, 5.41) is 14.2. The molecular weight excluding hydrogens is 270 g/mol. The first-order valence-corrected chi connectivity index (χ1v) is 6.66. The number of hydrogen-bond acceptors (Lipinski definition) is 7. The van der Waals surface area contributed by atoms with E-state index < -0.39 is 5.97 Å². The second-order valence-corrected chi connectivity index (χ2v) is 4.60. The Kier molecular flexibility index (Phi) is 6.40. The van der Waals surface area contributed by atoms with Crippen LogP contribution in [-0.2, 0) is 9.53 Å². The fourth-order valence-electron chi connectivity index (χ4n) is 1.28. The van der Waals surface area contributed by atoms with E-state index in [1.54, 1.807) is 13.8 Å². The first kappa shape index (κ1) is 15.5. The van der Waals surface area contributed by atoms with Crippen molar-refractivity contribution in [1.82, 2.24) is 10.3 Å². The van der Waals surface area contributed by atoms with E-state index in [1.165, 1.54) is 0 Å². The summed E-state index contributed by atoms with van der Waals surface area (Å²) >= 11 is 1.08. The number of aliphatic hydroxyl groups is 1. The minimum Gasteiger partial charge on any atom is -0.462 e. The van der Waals surface area contributed by atoms with Gasteiger partial charge in [-0.05, 0) is 13.8 Å². The Hall–Kier alpha value is -1.51. The quantitative estimate of drug-likeness (QED) is 0.487. The third-order valence-corrected chi connectivity index (χ3v) is 3.13. The molecule has 0 saturated heterocycles. The predicted octanol–water partition coefficient (Wildman–Crippen LogP) is 0.149. The van der Waals surface area contributed by atoms with Gasteiger partial charge < -0.3 is 20.5 Å². The van der Waals surface area contributed by atoms with Gasteiger partial charge in [0.25, 0.3) is 0 Å². The van der Waals surface area contributed by atoms with Crippen LogP contribution in [0.1, 0.15) is 22.3 Å². The van der Waals surface area contributed by atoms with Gasteiger partial charge in [-0.25, -0.2) is 9.78 Å². The van der Waals surface area contributed by atoms with E-state index in [2.05, 4.69) is 15.6 Å². The third kappa shape index (κ3) is 4.93. The van der Waals surface area contributed by atoms with Crippen molar-refractivity contribution in [2.75, 3.05) is 31.6 Å². The average Bonchev–Trinajstić information content (AvgIpc) is 2.71. The van der Waals surface area contributed by atoms with E-state index in [0.29, 0.717) is 28.9 Å². The molecule has 0 unspecified atom stereocenters. The molecule has 0 aliphatic carbocycles. The normalized spacial score (nSPS) is 10.3. The lowest BCUT2D eigenvalue weighted by Gasteiger charge is -2.02. The number of aromatic nitrogens is 1. The van der Waals surface area contributed by atoms with Gasteiger partial charge in [0, 0.05) is 6.54 Å². The topological polar surface area (TPSA) is 101 Å². The van der Waals surface area contributed by atoms with Crippen molar-refractivity contribution in [3.63, 3.8) is 0 Å². The van der Waals surface area contributed by atoms with E-state index in [0.717, 1.165) is 11.3 Å². The monoisotopic (exact) mass is 287 g/mol. The van der Waals surface area contributed by atoms with Gasteiger partial charge in [-0.1, -0.05) is 11.3 Å². The molecule has 0 bridgehead atoms.